The van der Waals surface area contributed by atoms with E-state index >= 15 is 0 Å². The van der Waals surface area contributed by atoms with Crippen molar-refractivity contribution in [2.75, 3.05) is 66.1 Å². The van der Waals surface area contributed by atoms with E-state index in [4.69, 9.17) is 47.4 Å². The van der Waals surface area contributed by atoms with Crippen molar-refractivity contribution in [3.05, 3.63) is 0 Å². The van der Waals surface area contributed by atoms with Crippen LogP contribution in [0.5, 0.6) is 0 Å². The Balaban J connectivity index is 0.890. The topological polar surface area (TPSA) is 119 Å². The van der Waals surface area contributed by atoms with Gasteiger partial charge in [0.2, 0.25) is 0 Å². The van der Waals surface area contributed by atoms with Gasteiger partial charge in [0.15, 0.2) is 0 Å². The van der Waals surface area contributed by atoms with Crippen molar-refractivity contribution in [2.45, 2.75) is 67.1 Å². The molecule has 0 saturated carbocycles. The molecule has 11 nitrogen and oxygen atoms in total. The van der Waals surface area contributed by atoms with Crippen LogP contribution < -0.4 is 0 Å². The van der Waals surface area contributed by atoms with Crippen molar-refractivity contribution in [1.82, 2.24) is 0 Å². The molecule has 6 saturated heterocycles. The molecule has 0 aliphatic carbocycles. The highest BCUT2D eigenvalue weighted by atomic mass is 16.7. The Morgan fingerprint density at radius 1 is 0.531 bits per heavy atom. The fourth-order valence-corrected chi connectivity index (χ4v) is 4.74. The molecule has 0 bridgehead atoms. The van der Waals surface area contributed by atoms with Crippen molar-refractivity contribution in [1.29, 1.82) is 0 Å². The first kappa shape index (κ1) is 22.1. The van der Waals surface area contributed by atoms with Crippen LogP contribution in [0.25, 0.3) is 0 Å². The maximum Gasteiger partial charge on any atom is 0.115 e. The second kappa shape index (κ2) is 9.67. The van der Waals surface area contributed by atoms with Crippen LogP contribution in [0.4, 0.5) is 0 Å². The summed E-state index contributed by atoms with van der Waals surface area (Å²) in [6.45, 7) is 4.74. The number of fused-ring (bicyclic) bond motifs is 2. The van der Waals surface area contributed by atoms with Gasteiger partial charge in [0.1, 0.15) is 67.1 Å². The highest BCUT2D eigenvalue weighted by Gasteiger charge is 2.50. The van der Waals surface area contributed by atoms with Crippen LogP contribution in [0.1, 0.15) is 0 Å². The van der Waals surface area contributed by atoms with Crippen molar-refractivity contribution >= 4 is 0 Å². The van der Waals surface area contributed by atoms with E-state index < -0.39 is 6.10 Å². The number of rotatable bonds is 12. The molecule has 6 aliphatic heterocycles. The molecule has 11 atom stereocenters. The van der Waals surface area contributed by atoms with E-state index in [9.17, 15) is 5.11 Å². The van der Waals surface area contributed by atoms with Crippen molar-refractivity contribution < 1.29 is 52.5 Å². The highest BCUT2D eigenvalue weighted by Crippen LogP contribution is 2.32. The lowest BCUT2D eigenvalue weighted by Gasteiger charge is -2.21. The minimum atomic E-state index is -0.769. The van der Waals surface area contributed by atoms with E-state index in [2.05, 4.69) is 0 Å². The Labute approximate surface area is 186 Å². The van der Waals surface area contributed by atoms with E-state index in [-0.39, 0.29) is 74.3 Å². The lowest BCUT2D eigenvalue weighted by atomic mass is 10.1. The molecule has 0 spiro atoms. The zero-order chi connectivity index (χ0) is 21.5. The first-order valence-corrected chi connectivity index (χ1v) is 11.6. The summed E-state index contributed by atoms with van der Waals surface area (Å²) in [7, 11) is 0. The van der Waals surface area contributed by atoms with Gasteiger partial charge < -0.3 is 52.5 Å². The third kappa shape index (κ3) is 4.98. The van der Waals surface area contributed by atoms with Gasteiger partial charge >= 0.3 is 0 Å². The normalized spacial score (nSPS) is 47.5. The molecule has 182 valence electrons. The molecule has 0 aromatic rings. The number of hydrogen-bond acceptors (Lipinski definition) is 11. The van der Waals surface area contributed by atoms with Crippen LogP contribution in [-0.2, 0) is 47.4 Å². The van der Waals surface area contributed by atoms with E-state index in [1.54, 1.807) is 0 Å². The molecule has 1 N–H and O–H groups in total. The molecular formula is C21H32O11. The fraction of sp³-hybridized carbons (Fsp3) is 1.00. The Morgan fingerprint density at radius 3 is 1.22 bits per heavy atom. The van der Waals surface area contributed by atoms with Crippen molar-refractivity contribution in [3.8, 4) is 0 Å². The summed E-state index contributed by atoms with van der Waals surface area (Å²) < 4.78 is 57.2. The largest absolute Gasteiger partial charge is 0.388 e. The minimum Gasteiger partial charge on any atom is -0.388 e. The van der Waals surface area contributed by atoms with Gasteiger partial charge in [-0.15, -0.1) is 0 Å². The number of hydrogen-bond donors (Lipinski definition) is 1. The van der Waals surface area contributed by atoms with Gasteiger partial charge in [0.05, 0.1) is 66.1 Å². The van der Waals surface area contributed by atoms with E-state index in [1.165, 1.54) is 0 Å². The summed E-state index contributed by atoms with van der Waals surface area (Å²) in [5.41, 5.74) is 0. The quantitative estimate of drug-likeness (QED) is 0.335. The van der Waals surface area contributed by atoms with Crippen molar-refractivity contribution in [2.24, 2.45) is 0 Å². The third-order valence-corrected chi connectivity index (χ3v) is 6.73. The van der Waals surface area contributed by atoms with Gasteiger partial charge in [-0.3, -0.25) is 0 Å². The third-order valence-electron chi connectivity index (χ3n) is 6.73. The Morgan fingerprint density at radius 2 is 0.875 bits per heavy atom. The molecule has 0 aromatic carbocycles. The van der Waals surface area contributed by atoms with Crippen molar-refractivity contribution in [3.63, 3.8) is 0 Å². The number of aliphatic hydroxyl groups is 1. The van der Waals surface area contributed by atoms with Gasteiger partial charge in [-0.25, -0.2) is 0 Å². The Bertz CT molecular complexity index is 577. The predicted octanol–water partition coefficient (Wildman–Crippen LogP) is -1.72. The van der Waals surface area contributed by atoms with Crippen LogP contribution >= 0.6 is 0 Å². The van der Waals surface area contributed by atoms with Gasteiger partial charge in [0, 0.05) is 0 Å². The van der Waals surface area contributed by atoms with Crippen LogP contribution in [0.15, 0.2) is 0 Å². The Kier molecular flexibility index (Phi) is 6.66. The number of aliphatic hydroxyl groups excluding tert-OH is 1. The average molecular weight is 460 g/mol. The average Bonchev–Trinajstić information content (AvgIpc) is 3.62. The van der Waals surface area contributed by atoms with E-state index in [0.717, 1.165) is 13.2 Å². The monoisotopic (exact) mass is 460 g/mol. The Hall–Kier alpha value is -0.440. The smallest absolute Gasteiger partial charge is 0.115 e. The van der Waals surface area contributed by atoms with Gasteiger partial charge in [0.25, 0.3) is 0 Å². The second-order valence-electron chi connectivity index (χ2n) is 9.24. The zero-order valence-corrected chi connectivity index (χ0v) is 18.0. The first-order valence-electron chi connectivity index (χ1n) is 11.6. The standard InChI is InChI=1S/C21H32O11/c22-11(1-25-14-7-29-20-16(9-31-18(14)20)27-5-12-3-23-12)2-26-15-8-30-21-17(10-32-19(15)21)28-6-13-4-24-13/h11-22H,1-10H2/t11?,12?,13?,14-,15+,16+,17-,18?,19?,20?,21?. The maximum absolute atomic E-state index is 10.4. The maximum atomic E-state index is 10.4. The fourth-order valence-electron chi connectivity index (χ4n) is 4.74. The summed E-state index contributed by atoms with van der Waals surface area (Å²) in [6, 6.07) is 0. The highest BCUT2D eigenvalue weighted by molar-refractivity contribution is 4.97. The molecule has 6 heterocycles. The van der Waals surface area contributed by atoms with E-state index in [1.807, 2.05) is 0 Å². The summed E-state index contributed by atoms with van der Waals surface area (Å²) in [4.78, 5) is 0. The van der Waals surface area contributed by atoms with Crippen LogP contribution in [0.2, 0.25) is 0 Å². The molecule has 0 radical (unpaired) electrons. The second-order valence-corrected chi connectivity index (χ2v) is 9.24. The predicted molar refractivity (Wildman–Crippen MR) is 103 cm³/mol. The zero-order valence-electron chi connectivity index (χ0n) is 18.0. The molecule has 11 heteroatoms. The summed E-state index contributed by atoms with van der Waals surface area (Å²) >= 11 is 0. The van der Waals surface area contributed by atoms with Gasteiger partial charge in [-0.05, 0) is 0 Å². The SMILES string of the molecule is OC(CO[C@H]1COC2C1OC[C@H]2OCC1CO1)CO[C@@H]1COC2C1OC[C@@H]2OCC1CO1. The minimum absolute atomic E-state index is 0.0996. The lowest BCUT2D eigenvalue weighted by molar-refractivity contribution is -0.101. The molecule has 0 amide bonds. The molecule has 32 heavy (non-hydrogen) atoms. The summed E-state index contributed by atoms with van der Waals surface area (Å²) in [5.74, 6) is 0. The molecule has 6 fully saturated rings. The van der Waals surface area contributed by atoms with Gasteiger partial charge in [-0.2, -0.15) is 0 Å². The summed E-state index contributed by atoms with van der Waals surface area (Å²) in [5, 5.41) is 10.4. The lowest BCUT2D eigenvalue weighted by Crippen LogP contribution is -2.38. The number of ether oxygens (including phenoxy) is 10. The molecule has 7 unspecified atom stereocenters. The van der Waals surface area contributed by atoms with Gasteiger partial charge in [-0.1, -0.05) is 0 Å². The summed E-state index contributed by atoms with van der Waals surface area (Å²) in [6.07, 6.45) is -1.64. The molecule has 6 rings (SSSR count). The van der Waals surface area contributed by atoms with E-state index in [0.29, 0.717) is 39.6 Å². The first-order chi connectivity index (χ1) is 15.7. The molecular weight excluding hydrogens is 428 g/mol. The number of epoxide rings is 2. The molecule has 6 aliphatic rings. The van der Waals surface area contributed by atoms with Crippen LogP contribution in [0, 0.1) is 0 Å². The van der Waals surface area contributed by atoms with Crippen LogP contribution in [0.3, 0.4) is 0 Å². The van der Waals surface area contributed by atoms with Crippen LogP contribution in [-0.4, -0.2) is 138 Å². The molecule has 0 aromatic heterocycles.